The van der Waals surface area contributed by atoms with E-state index in [0.717, 1.165) is 78.0 Å². The van der Waals surface area contributed by atoms with Crippen molar-refractivity contribution in [2.75, 3.05) is 9.80 Å². The quantitative estimate of drug-likeness (QED) is 0.149. The summed E-state index contributed by atoms with van der Waals surface area (Å²) in [5, 5.41) is 13.4. The van der Waals surface area contributed by atoms with E-state index in [1.807, 2.05) is 23.5 Å². The molecule has 3 heterocycles. The Balaban J connectivity index is 0.980. The average molecular weight is 885 g/mol. The van der Waals surface area contributed by atoms with Crippen LogP contribution in [0.2, 0.25) is 19.6 Å². The summed E-state index contributed by atoms with van der Waals surface area (Å²) in [6, 6.07) is 70.8. The number of rotatable bonds is 7. The zero-order valence-electron chi connectivity index (χ0n) is 37.1. The van der Waals surface area contributed by atoms with Crippen LogP contribution in [0.25, 0.3) is 85.6 Å². The minimum Gasteiger partial charge on any atom is -0.454 e. The lowest BCUT2D eigenvalue weighted by molar-refractivity contribution is 0.668. The molecule has 0 amide bonds. The van der Waals surface area contributed by atoms with Gasteiger partial charge >= 0.3 is 0 Å². The number of hydrogen-bond acceptors (Lipinski definition) is 5. The molecule has 6 heteroatoms. The Labute approximate surface area is 387 Å². The predicted molar refractivity (Wildman–Crippen MR) is 286 cm³/mol. The maximum absolute atomic E-state index is 6.68. The van der Waals surface area contributed by atoms with E-state index in [9.17, 15) is 0 Å². The van der Waals surface area contributed by atoms with Crippen LogP contribution in [0.5, 0.6) is 0 Å². The molecule has 0 unspecified atom stereocenters. The van der Waals surface area contributed by atoms with Gasteiger partial charge in [0.1, 0.15) is 11.2 Å². The number of nitrogens with zero attached hydrogens (tertiary/aromatic N) is 2. The second-order valence-electron chi connectivity index (χ2n) is 18.6. The number of benzene rings is 10. The van der Waals surface area contributed by atoms with E-state index in [-0.39, 0.29) is 0 Å². The largest absolute Gasteiger partial charge is 0.454 e. The van der Waals surface area contributed by atoms with E-state index in [2.05, 4.69) is 218 Å². The van der Waals surface area contributed by atoms with Crippen LogP contribution in [0.3, 0.4) is 0 Å². The normalized spacial score (nSPS) is 12.2. The number of fused-ring (bicyclic) bond motifs is 13. The van der Waals surface area contributed by atoms with E-state index in [1.54, 1.807) is 0 Å². The molecule has 0 bridgehead atoms. The molecule has 0 spiro atoms. The van der Waals surface area contributed by atoms with E-state index in [4.69, 9.17) is 8.83 Å². The minimum atomic E-state index is -1.51. The summed E-state index contributed by atoms with van der Waals surface area (Å²) < 4.78 is 15.9. The first-order chi connectivity index (χ1) is 32.2. The molecule has 316 valence electrons. The Bertz CT molecular complexity index is 4060. The van der Waals surface area contributed by atoms with Gasteiger partial charge in [0.25, 0.3) is 0 Å². The Morgan fingerprint density at radius 3 is 1.32 bits per heavy atom. The molecule has 0 atom stereocenters. The standard InChI is InChI=1S/C60H44N2O2SSi/c1-37-19-23-40(24-20-37)61(51-15-9-13-49-47-11-5-7-17-53(47)63-59(49)51)42-27-31-45-38(35-42)21-33-55-57(45)58-46-32-28-43(36-39(46)22-34-56(58)65-55)62(41-25-29-44(30-26-41)66(2,3)4)52-16-10-14-50-48-12-6-8-18-54(48)64-60(50)52/h5-36H,1-4H3. The number of hydrogen-bond donors (Lipinski definition) is 0. The third-order valence-electron chi connectivity index (χ3n) is 13.4. The van der Waals surface area contributed by atoms with Gasteiger partial charge in [-0.05, 0) is 113 Å². The molecule has 0 N–H and O–H groups in total. The summed E-state index contributed by atoms with van der Waals surface area (Å²) >= 11 is 1.87. The van der Waals surface area contributed by atoms with Gasteiger partial charge in [-0.3, -0.25) is 0 Å². The maximum Gasteiger partial charge on any atom is 0.159 e. The Hall–Kier alpha value is -7.64. The second-order valence-corrected chi connectivity index (χ2v) is 24.8. The Kier molecular flexibility index (Phi) is 8.63. The molecule has 0 saturated carbocycles. The van der Waals surface area contributed by atoms with Crippen molar-refractivity contribution in [3.8, 4) is 0 Å². The number of furan rings is 2. The topological polar surface area (TPSA) is 32.8 Å². The summed E-state index contributed by atoms with van der Waals surface area (Å²) in [7, 11) is -1.51. The number of anilines is 6. The molecule has 3 aromatic heterocycles. The molecule has 0 aliphatic rings. The van der Waals surface area contributed by atoms with Crippen molar-refractivity contribution in [3.63, 3.8) is 0 Å². The molecule has 0 radical (unpaired) electrons. The SMILES string of the molecule is Cc1ccc(N(c2ccc3c(ccc4sc5ccc6cc(N(c7ccc([Si](C)(C)C)cc7)c7cccc8c7oc7ccccc78)ccc6c5c43)c2)c2cccc3c2oc2ccccc23)cc1. The summed E-state index contributed by atoms with van der Waals surface area (Å²) in [5.74, 6) is 0. The number of para-hydroxylation sites is 4. The fourth-order valence-electron chi connectivity index (χ4n) is 10.2. The zero-order valence-corrected chi connectivity index (χ0v) is 38.9. The van der Waals surface area contributed by atoms with Gasteiger partial charge in [0.15, 0.2) is 11.2 Å². The fourth-order valence-corrected chi connectivity index (χ4v) is 12.5. The minimum absolute atomic E-state index is 0.876. The zero-order chi connectivity index (χ0) is 44.3. The number of aryl methyl sites for hydroxylation is 1. The van der Waals surface area contributed by atoms with Crippen LogP contribution in [0.1, 0.15) is 5.56 Å². The van der Waals surface area contributed by atoms with Gasteiger partial charge in [-0.15, -0.1) is 11.3 Å². The lowest BCUT2D eigenvalue weighted by Gasteiger charge is -2.27. The first kappa shape index (κ1) is 38.8. The molecule has 0 aliphatic carbocycles. The molecule has 13 aromatic rings. The predicted octanol–water partition coefficient (Wildman–Crippen LogP) is 18.0. The summed E-state index contributed by atoms with van der Waals surface area (Å²) in [6.45, 7) is 9.34. The van der Waals surface area contributed by atoms with Crippen LogP contribution < -0.4 is 15.0 Å². The van der Waals surface area contributed by atoms with Crippen LogP contribution in [-0.4, -0.2) is 8.07 Å². The van der Waals surface area contributed by atoms with E-state index < -0.39 is 8.07 Å². The summed E-state index contributed by atoms with van der Waals surface area (Å²) in [6.07, 6.45) is 0. The van der Waals surface area contributed by atoms with Crippen molar-refractivity contribution >= 4 is 144 Å². The van der Waals surface area contributed by atoms with Crippen LogP contribution >= 0.6 is 11.3 Å². The Morgan fingerprint density at radius 2 is 0.833 bits per heavy atom. The lowest BCUT2D eigenvalue weighted by atomic mass is 9.98. The van der Waals surface area contributed by atoms with Crippen LogP contribution in [-0.2, 0) is 0 Å². The van der Waals surface area contributed by atoms with Gasteiger partial charge in [0, 0.05) is 64.5 Å². The van der Waals surface area contributed by atoms with Crippen LogP contribution in [0.4, 0.5) is 34.1 Å². The molecule has 4 nitrogen and oxygen atoms in total. The highest BCUT2D eigenvalue weighted by Crippen LogP contribution is 2.48. The van der Waals surface area contributed by atoms with Crippen molar-refractivity contribution in [1.29, 1.82) is 0 Å². The highest BCUT2D eigenvalue weighted by Gasteiger charge is 2.24. The van der Waals surface area contributed by atoms with Gasteiger partial charge < -0.3 is 18.6 Å². The summed E-state index contributed by atoms with van der Waals surface area (Å²) in [4.78, 5) is 4.71. The van der Waals surface area contributed by atoms with Crippen molar-refractivity contribution in [3.05, 3.63) is 200 Å². The van der Waals surface area contributed by atoms with Crippen molar-refractivity contribution in [1.82, 2.24) is 0 Å². The third-order valence-corrected chi connectivity index (χ3v) is 16.6. The third kappa shape index (κ3) is 6.09. The molecule has 13 rings (SSSR count). The van der Waals surface area contributed by atoms with Gasteiger partial charge in [-0.2, -0.15) is 0 Å². The van der Waals surface area contributed by atoms with E-state index in [0.29, 0.717) is 0 Å². The highest BCUT2D eigenvalue weighted by molar-refractivity contribution is 7.26. The van der Waals surface area contributed by atoms with Crippen LogP contribution in [0, 0.1) is 6.92 Å². The smallest absolute Gasteiger partial charge is 0.159 e. The molecular weight excluding hydrogens is 841 g/mol. The molecule has 0 saturated heterocycles. The highest BCUT2D eigenvalue weighted by atomic mass is 32.1. The van der Waals surface area contributed by atoms with Gasteiger partial charge in [0.05, 0.1) is 19.4 Å². The van der Waals surface area contributed by atoms with Crippen molar-refractivity contribution in [2.45, 2.75) is 26.6 Å². The first-order valence-electron chi connectivity index (χ1n) is 22.6. The lowest BCUT2D eigenvalue weighted by Crippen LogP contribution is -2.37. The number of thiophene rings is 1. The molecule has 0 fully saturated rings. The monoisotopic (exact) mass is 884 g/mol. The van der Waals surface area contributed by atoms with Gasteiger partial charge in [-0.1, -0.05) is 140 Å². The molecule has 0 aliphatic heterocycles. The van der Waals surface area contributed by atoms with Crippen LogP contribution in [0.15, 0.2) is 203 Å². The van der Waals surface area contributed by atoms with E-state index >= 15 is 0 Å². The molecule has 10 aromatic carbocycles. The van der Waals surface area contributed by atoms with Crippen molar-refractivity contribution < 1.29 is 8.83 Å². The summed E-state index contributed by atoms with van der Waals surface area (Å²) in [5.41, 5.74) is 11.1. The first-order valence-corrected chi connectivity index (χ1v) is 27.0. The molecular formula is C60H44N2O2SSi. The van der Waals surface area contributed by atoms with E-state index in [1.165, 1.54) is 52.5 Å². The second kappa shape index (κ2) is 14.7. The van der Waals surface area contributed by atoms with Gasteiger partial charge in [-0.25, -0.2) is 0 Å². The average Bonchev–Trinajstić information content (AvgIpc) is 4.05. The fraction of sp³-hybridized carbons (Fsp3) is 0.0667. The Morgan fingerprint density at radius 1 is 0.394 bits per heavy atom. The van der Waals surface area contributed by atoms with Gasteiger partial charge in [0.2, 0.25) is 0 Å². The van der Waals surface area contributed by atoms with Crippen molar-refractivity contribution in [2.24, 2.45) is 0 Å². The molecule has 66 heavy (non-hydrogen) atoms. The maximum atomic E-state index is 6.68.